The van der Waals surface area contributed by atoms with Gasteiger partial charge in [-0.1, -0.05) is 71.4 Å². The Kier molecular flexibility index (Phi) is 6.55. The molecule has 0 saturated carbocycles. The second-order valence-electron chi connectivity index (χ2n) is 5.62. The van der Waals surface area contributed by atoms with Gasteiger partial charge in [0.05, 0.1) is 16.0 Å². The highest BCUT2D eigenvalue weighted by Crippen LogP contribution is 2.27. The van der Waals surface area contributed by atoms with Gasteiger partial charge >= 0.3 is 0 Å². The van der Waals surface area contributed by atoms with E-state index in [9.17, 15) is 4.79 Å². The van der Waals surface area contributed by atoms with E-state index in [1.807, 2.05) is 42.5 Å². The summed E-state index contributed by atoms with van der Waals surface area (Å²) >= 11 is 13.2. The van der Waals surface area contributed by atoms with Crippen molar-refractivity contribution in [1.29, 1.82) is 0 Å². The molecule has 0 aliphatic rings. The van der Waals surface area contributed by atoms with Gasteiger partial charge in [0.15, 0.2) is 0 Å². The molecule has 8 heteroatoms. The van der Waals surface area contributed by atoms with Crippen molar-refractivity contribution < 1.29 is 4.79 Å². The van der Waals surface area contributed by atoms with Gasteiger partial charge in [-0.3, -0.25) is 9.89 Å². The van der Waals surface area contributed by atoms with Crippen molar-refractivity contribution in [1.82, 2.24) is 15.2 Å². The molecule has 0 spiro atoms. The molecule has 0 fully saturated rings. The number of thioether (sulfide) groups is 1. The van der Waals surface area contributed by atoms with Crippen LogP contribution in [-0.2, 0) is 4.79 Å². The predicted octanol–water partition coefficient (Wildman–Crippen LogP) is 5.40. The maximum Gasteiger partial charge on any atom is 0.237 e. The summed E-state index contributed by atoms with van der Waals surface area (Å²) in [5, 5.41) is 10.8. The fourth-order valence-electron chi connectivity index (χ4n) is 2.16. The molecular formula is C19H16Cl2N4OS. The van der Waals surface area contributed by atoms with E-state index in [-0.39, 0.29) is 5.91 Å². The molecule has 3 aromatic rings. The normalized spacial score (nSPS) is 12.3. The Morgan fingerprint density at radius 3 is 2.70 bits per heavy atom. The van der Waals surface area contributed by atoms with Crippen LogP contribution in [0.1, 0.15) is 18.3 Å². The minimum Gasteiger partial charge on any atom is -0.324 e. The van der Waals surface area contributed by atoms with Gasteiger partial charge in [0, 0.05) is 5.02 Å². The lowest BCUT2D eigenvalue weighted by Gasteiger charge is -2.11. The van der Waals surface area contributed by atoms with Crippen molar-refractivity contribution in [2.75, 3.05) is 5.32 Å². The maximum absolute atomic E-state index is 12.4. The first kappa shape index (κ1) is 19.5. The number of aromatic nitrogens is 3. The molecule has 27 heavy (non-hydrogen) atoms. The number of anilines is 1. The molecule has 3 rings (SSSR count). The molecule has 5 nitrogen and oxygen atoms in total. The highest BCUT2D eigenvalue weighted by molar-refractivity contribution is 8.00. The number of nitrogens with zero attached hydrogens (tertiary/aromatic N) is 2. The van der Waals surface area contributed by atoms with Crippen LogP contribution in [0.3, 0.4) is 0 Å². The Hall–Kier alpha value is -2.28. The van der Waals surface area contributed by atoms with Crippen molar-refractivity contribution >= 4 is 58.7 Å². The van der Waals surface area contributed by atoms with E-state index in [1.165, 1.54) is 11.8 Å². The summed E-state index contributed by atoms with van der Waals surface area (Å²) < 4.78 is 0. The minimum atomic E-state index is -0.404. The van der Waals surface area contributed by atoms with Gasteiger partial charge in [-0.05, 0) is 36.8 Å². The molecule has 2 aromatic carbocycles. The first-order valence-electron chi connectivity index (χ1n) is 8.09. The molecular weight excluding hydrogens is 403 g/mol. The molecule has 0 saturated heterocycles. The van der Waals surface area contributed by atoms with Crippen LogP contribution in [0.2, 0.25) is 10.0 Å². The Labute approximate surface area is 171 Å². The van der Waals surface area contributed by atoms with Crippen LogP contribution in [0.4, 0.5) is 5.69 Å². The molecule has 1 aromatic heterocycles. The Bertz CT molecular complexity index is 959. The quantitative estimate of drug-likeness (QED) is 0.525. The van der Waals surface area contributed by atoms with Crippen molar-refractivity contribution in [2.45, 2.75) is 17.3 Å². The van der Waals surface area contributed by atoms with Crippen LogP contribution in [0.25, 0.3) is 12.2 Å². The summed E-state index contributed by atoms with van der Waals surface area (Å²) in [6.07, 6.45) is 3.78. The van der Waals surface area contributed by atoms with Crippen molar-refractivity contribution in [3.63, 3.8) is 0 Å². The fourth-order valence-corrected chi connectivity index (χ4v) is 3.35. The number of carbonyl (C=O) groups excluding carboxylic acids is 1. The Morgan fingerprint density at radius 1 is 1.19 bits per heavy atom. The standard InChI is InChI=1S/C19H16Cl2N4OS/c1-12(18(26)22-16-9-8-14(20)11-15(16)21)27-19-23-17(24-25-19)10-7-13-5-3-2-4-6-13/h2-12H,1H3,(H,22,26)(H,23,24,25)/b10-7+. The smallest absolute Gasteiger partial charge is 0.237 e. The number of halogens is 2. The molecule has 0 radical (unpaired) electrons. The molecule has 2 N–H and O–H groups in total. The molecule has 0 aliphatic heterocycles. The van der Waals surface area contributed by atoms with Crippen LogP contribution in [0.15, 0.2) is 53.7 Å². The summed E-state index contributed by atoms with van der Waals surface area (Å²) in [5.74, 6) is 0.421. The summed E-state index contributed by atoms with van der Waals surface area (Å²) in [5.41, 5.74) is 1.58. The largest absolute Gasteiger partial charge is 0.324 e. The van der Waals surface area contributed by atoms with Gasteiger partial charge in [-0.2, -0.15) is 0 Å². The van der Waals surface area contributed by atoms with Gasteiger partial charge in [0.25, 0.3) is 0 Å². The second-order valence-corrected chi connectivity index (χ2v) is 7.77. The molecule has 0 bridgehead atoms. The zero-order chi connectivity index (χ0) is 19.2. The summed E-state index contributed by atoms with van der Waals surface area (Å²) in [6, 6.07) is 14.8. The second kappa shape index (κ2) is 9.08. The molecule has 1 amide bonds. The average Bonchev–Trinajstić information content (AvgIpc) is 3.10. The van der Waals surface area contributed by atoms with Gasteiger partial charge in [0.1, 0.15) is 5.82 Å². The molecule has 0 aliphatic carbocycles. The third kappa shape index (κ3) is 5.60. The van der Waals surface area contributed by atoms with E-state index in [0.717, 1.165) is 5.56 Å². The topological polar surface area (TPSA) is 70.7 Å². The highest BCUT2D eigenvalue weighted by Gasteiger charge is 2.18. The summed E-state index contributed by atoms with van der Waals surface area (Å²) in [6.45, 7) is 1.78. The average molecular weight is 419 g/mol. The van der Waals surface area contributed by atoms with Gasteiger partial charge in [-0.15, -0.1) is 5.10 Å². The number of carbonyl (C=O) groups is 1. The van der Waals surface area contributed by atoms with Gasteiger partial charge < -0.3 is 5.32 Å². The SMILES string of the molecule is CC(Sc1n[nH]c(/C=C/c2ccccc2)n1)C(=O)Nc1ccc(Cl)cc1Cl. The molecule has 1 unspecified atom stereocenters. The van der Waals surface area contributed by atoms with Crippen LogP contribution in [0.5, 0.6) is 0 Å². The summed E-state index contributed by atoms with van der Waals surface area (Å²) in [4.78, 5) is 16.7. The van der Waals surface area contributed by atoms with Crippen LogP contribution in [0, 0.1) is 0 Å². The van der Waals surface area contributed by atoms with Crippen LogP contribution in [-0.4, -0.2) is 26.3 Å². The lowest BCUT2D eigenvalue weighted by molar-refractivity contribution is -0.115. The third-order valence-electron chi connectivity index (χ3n) is 3.56. The first-order chi connectivity index (χ1) is 13.0. The van der Waals surface area contributed by atoms with E-state index >= 15 is 0 Å². The number of benzene rings is 2. The number of amides is 1. The number of hydrogen-bond acceptors (Lipinski definition) is 4. The zero-order valence-electron chi connectivity index (χ0n) is 14.3. The third-order valence-corrected chi connectivity index (χ3v) is 5.06. The lowest BCUT2D eigenvalue weighted by Crippen LogP contribution is -2.22. The Morgan fingerprint density at radius 2 is 1.96 bits per heavy atom. The van der Waals surface area contributed by atoms with Crippen molar-refractivity contribution in [2.24, 2.45) is 0 Å². The van der Waals surface area contributed by atoms with E-state index in [4.69, 9.17) is 23.2 Å². The monoisotopic (exact) mass is 418 g/mol. The highest BCUT2D eigenvalue weighted by atomic mass is 35.5. The number of H-pyrrole nitrogens is 1. The molecule has 1 atom stereocenters. The summed E-state index contributed by atoms with van der Waals surface area (Å²) in [7, 11) is 0. The van der Waals surface area contributed by atoms with Crippen LogP contribution < -0.4 is 5.32 Å². The number of hydrogen-bond donors (Lipinski definition) is 2. The van der Waals surface area contributed by atoms with Gasteiger partial charge in [0.2, 0.25) is 11.1 Å². The number of aromatic amines is 1. The van der Waals surface area contributed by atoms with Crippen LogP contribution >= 0.6 is 35.0 Å². The van der Waals surface area contributed by atoms with Crippen molar-refractivity contribution in [3.8, 4) is 0 Å². The predicted molar refractivity (Wildman–Crippen MR) is 112 cm³/mol. The zero-order valence-corrected chi connectivity index (χ0v) is 16.6. The maximum atomic E-state index is 12.4. The number of nitrogens with one attached hydrogen (secondary N) is 2. The Balaban J connectivity index is 1.59. The first-order valence-corrected chi connectivity index (χ1v) is 9.73. The van der Waals surface area contributed by atoms with E-state index in [2.05, 4.69) is 20.5 Å². The van der Waals surface area contributed by atoms with Crippen molar-refractivity contribution in [3.05, 3.63) is 70.0 Å². The van der Waals surface area contributed by atoms with E-state index in [0.29, 0.717) is 26.7 Å². The molecule has 138 valence electrons. The van der Waals surface area contributed by atoms with Gasteiger partial charge in [-0.25, -0.2) is 4.98 Å². The lowest BCUT2D eigenvalue weighted by atomic mass is 10.2. The van der Waals surface area contributed by atoms with E-state index < -0.39 is 5.25 Å². The fraction of sp³-hybridized carbons (Fsp3) is 0.105. The minimum absolute atomic E-state index is 0.199. The van der Waals surface area contributed by atoms with E-state index in [1.54, 1.807) is 25.1 Å². The number of rotatable bonds is 6. The molecule has 1 heterocycles.